The van der Waals surface area contributed by atoms with Gasteiger partial charge in [0.2, 0.25) is 0 Å². The zero-order valence-corrected chi connectivity index (χ0v) is 11.6. The second-order valence-corrected chi connectivity index (χ2v) is 5.21. The molecule has 1 aliphatic rings. The summed E-state index contributed by atoms with van der Waals surface area (Å²) in [5.41, 5.74) is 0.747. The highest BCUT2D eigenvalue weighted by Gasteiger charge is 2.09. The Morgan fingerprint density at radius 1 is 1.30 bits per heavy atom. The molecule has 0 unspecified atom stereocenters. The highest BCUT2D eigenvalue weighted by Crippen LogP contribution is 2.24. The monoisotopic (exact) mass is 276 g/mol. The Morgan fingerprint density at radius 3 is 2.85 bits per heavy atom. The maximum absolute atomic E-state index is 13.0. The molecular weight excluding hydrogens is 255 g/mol. The van der Waals surface area contributed by atoms with Crippen molar-refractivity contribution < 1.29 is 9.18 Å². The van der Waals surface area contributed by atoms with Gasteiger partial charge in [-0.05, 0) is 36.5 Å². The summed E-state index contributed by atoms with van der Waals surface area (Å²) in [6.45, 7) is 0.320. The molecule has 3 nitrogen and oxygen atoms in total. The topological polar surface area (TPSA) is 41.1 Å². The van der Waals surface area contributed by atoms with Gasteiger partial charge in [0.05, 0.1) is 0 Å². The lowest BCUT2D eigenvalue weighted by atomic mass is 9.89. The van der Waals surface area contributed by atoms with Crippen LogP contribution in [0.4, 0.5) is 9.18 Å². The largest absolute Gasteiger partial charge is 0.334 e. The van der Waals surface area contributed by atoms with Crippen molar-refractivity contribution in [2.75, 3.05) is 0 Å². The van der Waals surface area contributed by atoms with Gasteiger partial charge in [-0.1, -0.05) is 37.5 Å². The number of rotatable bonds is 4. The van der Waals surface area contributed by atoms with E-state index < -0.39 is 0 Å². The van der Waals surface area contributed by atoms with Crippen molar-refractivity contribution in [3.05, 3.63) is 47.9 Å². The normalized spacial score (nSPS) is 16.2. The molecule has 1 aromatic carbocycles. The molecule has 0 heterocycles. The number of hydrogen-bond acceptors (Lipinski definition) is 1. The number of carbonyl (C=O) groups excluding carboxylic acids is 1. The van der Waals surface area contributed by atoms with Crippen LogP contribution in [0.5, 0.6) is 0 Å². The Bertz CT molecular complexity index is 467. The fraction of sp³-hybridized carbons (Fsp3) is 0.438. The van der Waals surface area contributed by atoms with Gasteiger partial charge in [0.15, 0.2) is 0 Å². The van der Waals surface area contributed by atoms with E-state index in [2.05, 4.69) is 16.7 Å². The first-order valence-electron chi connectivity index (χ1n) is 7.19. The van der Waals surface area contributed by atoms with Crippen LogP contribution in [0, 0.1) is 11.7 Å². The predicted octanol–water partition coefficient (Wildman–Crippen LogP) is 3.72. The van der Waals surface area contributed by atoms with E-state index in [0.717, 1.165) is 5.56 Å². The summed E-state index contributed by atoms with van der Waals surface area (Å²) in [5.74, 6) is 0.300. The summed E-state index contributed by atoms with van der Waals surface area (Å²) in [6, 6.07) is 5.95. The van der Waals surface area contributed by atoms with E-state index in [9.17, 15) is 9.18 Å². The molecule has 20 heavy (non-hydrogen) atoms. The summed E-state index contributed by atoms with van der Waals surface area (Å²) >= 11 is 0. The van der Waals surface area contributed by atoms with Crippen LogP contribution >= 0.6 is 0 Å². The first-order valence-corrected chi connectivity index (χ1v) is 7.19. The Hall–Kier alpha value is -1.84. The van der Waals surface area contributed by atoms with Crippen molar-refractivity contribution in [1.82, 2.24) is 10.6 Å². The number of urea groups is 1. The molecule has 1 aromatic rings. The Labute approximate surface area is 119 Å². The lowest BCUT2D eigenvalue weighted by molar-refractivity contribution is 0.243. The zero-order valence-electron chi connectivity index (χ0n) is 11.6. The van der Waals surface area contributed by atoms with Gasteiger partial charge < -0.3 is 10.6 Å². The van der Waals surface area contributed by atoms with Crippen LogP contribution < -0.4 is 10.6 Å². The number of hydrogen-bond donors (Lipinski definition) is 2. The number of carbonyl (C=O) groups is 1. The molecule has 1 fully saturated rings. The molecule has 4 heteroatoms. The molecule has 0 bridgehead atoms. The van der Waals surface area contributed by atoms with Gasteiger partial charge in [-0.15, -0.1) is 0 Å². The minimum Gasteiger partial charge on any atom is -0.334 e. The van der Waals surface area contributed by atoms with Gasteiger partial charge >= 0.3 is 6.03 Å². The van der Waals surface area contributed by atoms with Gasteiger partial charge in [0.1, 0.15) is 5.82 Å². The number of amides is 2. The third kappa shape index (κ3) is 5.03. The maximum Gasteiger partial charge on any atom is 0.319 e. The summed E-state index contributed by atoms with van der Waals surface area (Å²) < 4.78 is 13.0. The van der Waals surface area contributed by atoms with Crippen LogP contribution in [0.25, 0.3) is 0 Å². The summed E-state index contributed by atoms with van der Waals surface area (Å²) in [4.78, 5) is 11.6. The third-order valence-corrected chi connectivity index (χ3v) is 3.57. The van der Waals surface area contributed by atoms with Crippen molar-refractivity contribution in [2.45, 2.75) is 38.6 Å². The van der Waals surface area contributed by atoms with Crippen LogP contribution in [-0.4, -0.2) is 6.03 Å². The highest BCUT2D eigenvalue weighted by molar-refractivity contribution is 5.74. The first-order chi connectivity index (χ1) is 9.74. The standard InChI is InChI=1S/C16H21FN2O/c17-15-8-4-7-14(11-15)12-19-16(20)18-10-9-13-5-2-1-3-6-13/h4,7-11,13H,1-3,5-6,12H2,(H2,18,19,20)/b10-9+. The van der Waals surface area contributed by atoms with Crippen LogP contribution in [-0.2, 0) is 6.54 Å². The molecule has 0 aromatic heterocycles. The third-order valence-electron chi connectivity index (χ3n) is 3.57. The molecule has 0 spiro atoms. The highest BCUT2D eigenvalue weighted by atomic mass is 19.1. The SMILES string of the molecule is O=C(N/C=C/C1CCCCC1)NCc1cccc(F)c1. The van der Waals surface area contributed by atoms with Gasteiger partial charge in [-0.3, -0.25) is 0 Å². The molecule has 2 rings (SSSR count). The minimum absolute atomic E-state index is 0.263. The lowest BCUT2D eigenvalue weighted by Crippen LogP contribution is -2.31. The Balaban J connectivity index is 1.68. The van der Waals surface area contributed by atoms with Crippen LogP contribution in [0.1, 0.15) is 37.7 Å². The number of halogens is 1. The summed E-state index contributed by atoms with van der Waals surface area (Å²) in [7, 11) is 0. The van der Waals surface area contributed by atoms with E-state index in [1.54, 1.807) is 18.3 Å². The molecular formula is C16H21FN2O. The zero-order chi connectivity index (χ0) is 14.2. The number of benzene rings is 1. The molecule has 0 saturated heterocycles. The van der Waals surface area contributed by atoms with E-state index in [-0.39, 0.29) is 11.8 Å². The second kappa shape index (κ2) is 7.68. The predicted molar refractivity (Wildman–Crippen MR) is 77.5 cm³/mol. The molecule has 2 amide bonds. The van der Waals surface area contributed by atoms with E-state index in [1.807, 2.05) is 0 Å². The molecule has 0 radical (unpaired) electrons. The van der Waals surface area contributed by atoms with E-state index >= 15 is 0 Å². The van der Waals surface area contributed by atoms with E-state index in [0.29, 0.717) is 12.5 Å². The fourth-order valence-electron chi connectivity index (χ4n) is 2.47. The van der Waals surface area contributed by atoms with Crippen molar-refractivity contribution >= 4 is 6.03 Å². The van der Waals surface area contributed by atoms with Gasteiger partial charge in [-0.25, -0.2) is 9.18 Å². The molecule has 1 saturated carbocycles. The van der Waals surface area contributed by atoms with Crippen LogP contribution in [0.3, 0.4) is 0 Å². The summed E-state index contributed by atoms with van der Waals surface area (Å²) in [6.07, 6.45) is 10.1. The quantitative estimate of drug-likeness (QED) is 0.864. The number of allylic oxidation sites excluding steroid dienone is 1. The van der Waals surface area contributed by atoms with Crippen molar-refractivity contribution in [1.29, 1.82) is 0 Å². The van der Waals surface area contributed by atoms with Crippen LogP contribution in [0.2, 0.25) is 0 Å². The second-order valence-electron chi connectivity index (χ2n) is 5.21. The van der Waals surface area contributed by atoms with Crippen molar-refractivity contribution in [3.63, 3.8) is 0 Å². The van der Waals surface area contributed by atoms with Gasteiger partial charge in [-0.2, -0.15) is 0 Å². The Kier molecular flexibility index (Phi) is 5.59. The number of nitrogens with one attached hydrogen (secondary N) is 2. The molecule has 0 atom stereocenters. The Morgan fingerprint density at radius 2 is 2.10 bits per heavy atom. The molecule has 1 aliphatic carbocycles. The van der Waals surface area contributed by atoms with E-state index in [4.69, 9.17) is 0 Å². The molecule has 0 aliphatic heterocycles. The van der Waals surface area contributed by atoms with Gasteiger partial charge in [0, 0.05) is 12.7 Å². The average Bonchev–Trinajstić information content (AvgIpc) is 2.46. The van der Waals surface area contributed by atoms with Crippen molar-refractivity contribution in [3.8, 4) is 0 Å². The summed E-state index contributed by atoms with van der Waals surface area (Å²) in [5, 5.41) is 5.39. The lowest BCUT2D eigenvalue weighted by Gasteiger charge is -2.17. The van der Waals surface area contributed by atoms with Crippen LogP contribution in [0.15, 0.2) is 36.5 Å². The minimum atomic E-state index is -0.290. The first kappa shape index (κ1) is 14.6. The van der Waals surface area contributed by atoms with E-state index in [1.165, 1.54) is 44.2 Å². The fourth-order valence-corrected chi connectivity index (χ4v) is 2.47. The van der Waals surface area contributed by atoms with Gasteiger partial charge in [0.25, 0.3) is 0 Å². The molecule has 2 N–H and O–H groups in total. The molecule has 108 valence electrons. The van der Waals surface area contributed by atoms with Crippen molar-refractivity contribution in [2.24, 2.45) is 5.92 Å². The maximum atomic E-state index is 13.0. The smallest absolute Gasteiger partial charge is 0.319 e. The average molecular weight is 276 g/mol.